The van der Waals surface area contributed by atoms with Crippen molar-refractivity contribution < 1.29 is 4.42 Å². The van der Waals surface area contributed by atoms with Crippen molar-refractivity contribution in [1.82, 2.24) is 19.9 Å². The minimum Gasteiger partial charge on any atom is -0.469 e. The van der Waals surface area contributed by atoms with Crippen LogP contribution < -0.4 is 0 Å². The van der Waals surface area contributed by atoms with E-state index in [1.54, 1.807) is 12.5 Å². The van der Waals surface area contributed by atoms with E-state index in [0.717, 1.165) is 24.3 Å². The fourth-order valence-electron chi connectivity index (χ4n) is 1.53. The van der Waals surface area contributed by atoms with Gasteiger partial charge in [0.1, 0.15) is 21.2 Å². The maximum atomic E-state index is 5.71. The summed E-state index contributed by atoms with van der Waals surface area (Å²) in [6.07, 6.45) is 9.37. The molecular weight excluding hydrogens is 347 g/mol. The Kier molecular flexibility index (Phi) is 6.58. The maximum absolute atomic E-state index is 5.71. The van der Waals surface area contributed by atoms with Crippen LogP contribution >= 0.6 is 34.8 Å². The average Bonchev–Trinajstić information content (AvgIpc) is 2.99. The summed E-state index contributed by atoms with van der Waals surface area (Å²) in [5.74, 6) is 0.951. The summed E-state index contributed by atoms with van der Waals surface area (Å²) in [7, 11) is 0. The lowest BCUT2D eigenvalue weighted by Gasteiger charge is -1.97. The molecule has 3 aromatic heterocycles. The number of halogens is 3. The molecule has 0 aliphatic heterocycles. The number of hydrogen-bond donors (Lipinski definition) is 0. The van der Waals surface area contributed by atoms with E-state index in [1.807, 2.05) is 12.1 Å². The van der Waals surface area contributed by atoms with Gasteiger partial charge >= 0.3 is 0 Å². The molecule has 0 fully saturated rings. The second kappa shape index (κ2) is 8.68. The van der Waals surface area contributed by atoms with Crippen LogP contribution in [0.2, 0.25) is 15.5 Å². The first-order valence-electron chi connectivity index (χ1n) is 6.25. The number of rotatable bonds is 3. The number of furan rings is 1. The highest BCUT2D eigenvalue weighted by Crippen LogP contribution is 2.08. The SMILES string of the molecule is Clc1cncc(CCc2ccco2)n1.Clc1cncc(Cl)n1. The van der Waals surface area contributed by atoms with E-state index < -0.39 is 0 Å². The Morgan fingerprint density at radius 3 is 1.95 bits per heavy atom. The van der Waals surface area contributed by atoms with Crippen molar-refractivity contribution in [3.63, 3.8) is 0 Å². The third-order valence-electron chi connectivity index (χ3n) is 2.44. The molecular formula is C14H11Cl3N4O. The average molecular weight is 358 g/mol. The van der Waals surface area contributed by atoms with E-state index >= 15 is 0 Å². The third kappa shape index (κ3) is 5.97. The standard InChI is InChI=1S/C10H9ClN2O.C4H2Cl2N2/c11-10-7-12-6-8(13-10)3-4-9-2-1-5-14-9;5-3-1-7-2-4(6)8-3/h1-2,5-7H,3-4H2;1-2H. The van der Waals surface area contributed by atoms with Crippen molar-refractivity contribution in [2.24, 2.45) is 0 Å². The summed E-state index contributed by atoms with van der Waals surface area (Å²) in [5.41, 5.74) is 0.883. The van der Waals surface area contributed by atoms with Crippen LogP contribution in [-0.4, -0.2) is 19.9 Å². The molecule has 3 heterocycles. The monoisotopic (exact) mass is 356 g/mol. The molecule has 3 rings (SSSR count). The quantitative estimate of drug-likeness (QED) is 0.699. The summed E-state index contributed by atoms with van der Waals surface area (Å²) in [6.45, 7) is 0. The predicted octanol–water partition coefficient (Wildman–Crippen LogP) is 4.29. The van der Waals surface area contributed by atoms with Crippen LogP contribution in [0.5, 0.6) is 0 Å². The molecule has 0 saturated heterocycles. The van der Waals surface area contributed by atoms with Crippen LogP contribution in [0.4, 0.5) is 0 Å². The van der Waals surface area contributed by atoms with Crippen molar-refractivity contribution >= 4 is 34.8 Å². The van der Waals surface area contributed by atoms with Crippen LogP contribution in [0.15, 0.2) is 47.6 Å². The summed E-state index contributed by atoms with van der Waals surface area (Å²) in [4.78, 5) is 15.4. The normalized spacial score (nSPS) is 9.95. The van der Waals surface area contributed by atoms with E-state index in [2.05, 4.69) is 19.9 Å². The summed E-state index contributed by atoms with van der Waals surface area (Å²) < 4.78 is 5.20. The van der Waals surface area contributed by atoms with Gasteiger partial charge in [-0.25, -0.2) is 9.97 Å². The molecule has 0 N–H and O–H groups in total. The van der Waals surface area contributed by atoms with Gasteiger partial charge in [-0.2, -0.15) is 0 Å². The third-order valence-corrected chi connectivity index (χ3v) is 2.98. The Bertz CT molecular complexity index is 690. The largest absolute Gasteiger partial charge is 0.469 e. The van der Waals surface area contributed by atoms with E-state index in [4.69, 9.17) is 39.2 Å². The molecule has 0 atom stereocenters. The molecule has 0 amide bonds. The first kappa shape index (κ1) is 16.7. The van der Waals surface area contributed by atoms with Gasteiger partial charge in [0, 0.05) is 12.6 Å². The van der Waals surface area contributed by atoms with E-state index in [9.17, 15) is 0 Å². The molecule has 5 nitrogen and oxygen atoms in total. The minimum atomic E-state index is 0.317. The van der Waals surface area contributed by atoms with Crippen molar-refractivity contribution in [2.75, 3.05) is 0 Å². The molecule has 0 bridgehead atoms. The predicted molar refractivity (Wildman–Crippen MR) is 85.2 cm³/mol. The molecule has 0 aliphatic carbocycles. The number of hydrogen-bond acceptors (Lipinski definition) is 5. The second-order valence-corrected chi connectivity index (χ2v) is 5.24. The molecule has 0 aliphatic rings. The molecule has 22 heavy (non-hydrogen) atoms. The molecule has 0 radical (unpaired) electrons. The van der Waals surface area contributed by atoms with Crippen molar-refractivity contribution in [1.29, 1.82) is 0 Å². The first-order valence-corrected chi connectivity index (χ1v) is 7.39. The number of nitrogens with zero attached hydrogens (tertiary/aromatic N) is 4. The molecule has 0 unspecified atom stereocenters. The van der Waals surface area contributed by atoms with Gasteiger partial charge in [0.05, 0.1) is 30.5 Å². The lowest BCUT2D eigenvalue weighted by atomic mass is 10.2. The highest BCUT2D eigenvalue weighted by atomic mass is 35.5. The summed E-state index contributed by atoms with van der Waals surface area (Å²) >= 11 is 16.5. The Morgan fingerprint density at radius 2 is 1.45 bits per heavy atom. The maximum Gasteiger partial charge on any atom is 0.149 e. The van der Waals surface area contributed by atoms with E-state index in [0.29, 0.717) is 15.5 Å². The second-order valence-electron chi connectivity index (χ2n) is 4.08. The lowest BCUT2D eigenvalue weighted by Crippen LogP contribution is -1.94. The molecule has 3 aromatic rings. The highest BCUT2D eigenvalue weighted by Gasteiger charge is 2.00. The zero-order valence-corrected chi connectivity index (χ0v) is 13.6. The fourth-order valence-corrected chi connectivity index (χ4v) is 2.03. The fraction of sp³-hybridized carbons (Fsp3) is 0.143. The molecule has 114 valence electrons. The van der Waals surface area contributed by atoms with Crippen LogP contribution in [0.1, 0.15) is 11.5 Å². The molecule has 0 saturated carbocycles. The Labute approximate surface area is 142 Å². The van der Waals surface area contributed by atoms with Gasteiger partial charge < -0.3 is 4.42 Å². The smallest absolute Gasteiger partial charge is 0.149 e. The van der Waals surface area contributed by atoms with Crippen molar-refractivity contribution in [3.8, 4) is 0 Å². The van der Waals surface area contributed by atoms with Gasteiger partial charge in [-0.1, -0.05) is 34.8 Å². The van der Waals surface area contributed by atoms with Gasteiger partial charge in [0.2, 0.25) is 0 Å². The van der Waals surface area contributed by atoms with Crippen LogP contribution in [0.3, 0.4) is 0 Å². The number of aryl methyl sites for hydroxylation is 2. The van der Waals surface area contributed by atoms with E-state index in [-0.39, 0.29) is 0 Å². The summed E-state index contributed by atoms with van der Waals surface area (Å²) in [6, 6.07) is 3.82. The van der Waals surface area contributed by atoms with Crippen molar-refractivity contribution in [3.05, 3.63) is 70.1 Å². The molecule has 0 spiro atoms. The van der Waals surface area contributed by atoms with Crippen LogP contribution in [0.25, 0.3) is 0 Å². The topological polar surface area (TPSA) is 64.7 Å². The minimum absolute atomic E-state index is 0.317. The van der Waals surface area contributed by atoms with Gasteiger partial charge in [0.25, 0.3) is 0 Å². The lowest BCUT2D eigenvalue weighted by molar-refractivity contribution is 0.507. The summed E-state index contributed by atoms with van der Waals surface area (Å²) in [5, 5.41) is 1.07. The Hall–Kier alpha value is -1.69. The molecule has 8 heteroatoms. The zero-order valence-electron chi connectivity index (χ0n) is 11.3. The Balaban J connectivity index is 0.000000188. The van der Waals surface area contributed by atoms with Gasteiger partial charge in [-0.05, 0) is 18.6 Å². The molecule has 0 aromatic carbocycles. The highest BCUT2D eigenvalue weighted by molar-refractivity contribution is 6.32. The first-order chi connectivity index (χ1) is 10.6. The zero-order chi connectivity index (χ0) is 15.8. The van der Waals surface area contributed by atoms with Gasteiger partial charge in [0.15, 0.2) is 0 Å². The van der Waals surface area contributed by atoms with Gasteiger partial charge in [-0.3, -0.25) is 9.97 Å². The Morgan fingerprint density at radius 1 is 0.818 bits per heavy atom. The van der Waals surface area contributed by atoms with Crippen molar-refractivity contribution in [2.45, 2.75) is 12.8 Å². The number of aromatic nitrogens is 4. The van der Waals surface area contributed by atoms with Crippen LogP contribution in [-0.2, 0) is 12.8 Å². The van der Waals surface area contributed by atoms with Crippen LogP contribution in [0, 0.1) is 0 Å². The van der Waals surface area contributed by atoms with E-state index in [1.165, 1.54) is 18.6 Å². The van der Waals surface area contributed by atoms with Gasteiger partial charge in [-0.15, -0.1) is 0 Å².